The highest BCUT2D eigenvalue weighted by atomic mass is 32.2. The van der Waals surface area contributed by atoms with Gasteiger partial charge in [0.05, 0.1) is 0 Å². The molecular formula is C9H12N2S. The molecule has 64 valence electrons. The number of pyridine rings is 1. The summed E-state index contributed by atoms with van der Waals surface area (Å²) in [5, 5.41) is 3.37. The minimum atomic E-state index is 0.644. The lowest BCUT2D eigenvalue weighted by Crippen LogP contribution is -2.33. The molecule has 2 heterocycles. The Morgan fingerprint density at radius 2 is 2.33 bits per heavy atom. The first-order valence-corrected chi connectivity index (χ1v) is 5.27. The molecule has 0 aliphatic carbocycles. The van der Waals surface area contributed by atoms with E-state index in [1.165, 1.54) is 17.1 Å². The monoisotopic (exact) mass is 180 g/mol. The molecule has 1 aliphatic rings. The van der Waals surface area contributed by atoms with Crippen LogP contribution in [-0.2, 0) is 0 Å². The summed E-state index contributed by atoms with van der Waals surface area (Å²) in [5.74, 6) is 3.44. The number of nitrogens with one attached hydrogen (secondary N) is 1. The minimum absolute atomic E-state index is 0.644. The first-order chi connectivity index (χ1) is 5.84. The lowest BCUT2D eigenvalue weighted by molar-refractivity contribution is 0.872. The van der Waals surface area contributed by atoms with Crippen molar-refractivity contribution in [2.75, 3.05) is 16.8 Å². The van der Waals surface area contributed by atoms with Gasteiger partial charge in [0, 0.05) is 23.7 Å². The van der Waals surface area contributed by atoms with Gasteiger partial charge in [0.1, 0.15) is 5.82 Å². The van der Waals surface area contributed by atoms with Crippen LogP contribution in [0.3, 0.4) is 0 Å². The molecule has 0 aromatic carbocycles. The number of hydrogen-bond donors (Lipinski definition) is 1. The van der Waals surface area contributed by atoms with Gasteiger partial charge in [-0.25, -0.2) is 4.98 Å². The van der Waals surface area contributed by atoms with E-state index in [4.69, 9.17) is 0 Å². The summed E-state index contributed by atoms with van der Waals surface area (Å²) >= 11 is 1.98. The van der Waals surface area contributed by atoms with Gasteiger partial charge in [0.25, 0.3) is 0 Å². The Morgan fingerprint density at radius 3 is 2.83 bits per heavy atom. The van der Waals surface area contributed by atoms with Crippen LogP contribution in [0.25, 0.3) is 0 Å². The second-order valence-corrected chi connectivity index (χ2v) is 4.17. The molecule has 2 rings (SSSR count). The number of rotatable bonds is 2. The average molecular weight is 180 g/mol. The summed E-state index contributed by atoms with van der Waals surface area (Å²) < 4.78 is 0. The fourth-order valence-electron chi connectivity index (χ4n) is 1.08. The summed E-state index contributed by atoms with van der Waals surface area (Å²) in [6.07, 6.45) is 1.90. The molecule has 0 radical (unpaired) electrons. The van der Waals surface area contributed by atoms with Crippen LogP contribution < -0.4 is 5.32 Å². The van der Waals surface area contributed by atoms with Gasteiger partial charge in [0.2, 0.25) is 0 Å². The zero-order chi connectivity index (χ0) is 8.39. The van der Waals surface area contributed by atoms with Crippen LogP contribution in [0.15, 0.2) is 18.3 Å². The molecular weight excluding hydrogens is 168 g/mol. The molecule has 3 heteroatoms. The smallest absolute Gasteiger partial charge is 0.126 e. The molecule has 1 N–H and O–H groups in total. The van der Waals surface area contributed by atoms with Crippen LogP contribution >= 0.6 is 11.8 Å². The highest BCUT2D eigenvalue weighted by molar-refractivity contribution is 8.00. The third-order valence-corrected chi connectivity index (χ3v) is 3.18. The molecule has 1 aromatic rings. The van der Waals surface area contributed by atoms with E-state index in [1.54, 1.807) is 0 Å². The van der Waals surface area contributed by atoms with Crippen molar-refractivity contribution in [1.29, 1.82) is 0 Å². The number of aromatic nitrogens is 1. The number of hydrogen-bond acceptors (Lipinski definition) is 3. The van der Waals surface area contributed by atoms with Crippen LogP contribution in [0.2, 0.25) is 0 Å². The van der Waals surface area contributed by atoms with E-state index in [-0.39, 0.29) is 0 Å². The van der Waals surface area contributed by atoms with Crippen molar-refractivity contribution in [3.8, 4) is 0 Å². The normalized spacial score (nSPS) is 17.1. The van der Waals surface area contributed by atoms with Crippen molar-refractivity contribution in [2.45, 2.75) is 13.0 Å². The Morgan fingerprint density at radius 1 is 1.50 bits per heavy atom. The van der Waals surface area contributed by atoms with Crippen LogP contribution in [0.4, 0.5) is 5.82 Å². The van der Waals surface area contributed by atoms with Gasteiger partial charge in [-0.05, 0) is 18.6 Å². The predicted molar refractivity (Wildman–Crippen MR) is 53.7 cm³/mol. The van der Waals surface area contributed by atoms with Crippen molar-refractivity contribution < 1.29 is 0 Å². The van der Waals surface area contributed by atoms with E-state index in [9.17, 15) is 0 Å². The third-order valence-electron chi connectivity index (χ3n) is 1.90. The molecule has 0 amide bonds. The summed E-state index contributed by atoms with van der Waals surface area (Å²) in [6, 6.07) is 4.77. The Bertz CT molecular complexity index is 254. The van der Waals surface area contributed by atoms with Crippen molar-refractivity contribution in [3.63, 3.8) is 0 Å². The summed E-state index contributed by atoms with van der Waals surface area (Å²) in [6.45, 7) is 2.05. The zero-order valence-corrected chi connectivity index (χ0v) is 7.90. The maximum absolute atomic E-state index is 4.28. The van der Waals surface area contributed by atoms with E-state index < -0.39 is 0 Å². The van der Waals surface area contributed by atoms with Gasteiger partial charge in [-0.15, -0.1) is 0 Å². The second kappa shape index (κ2) is 3.35. The fraction of sp³-hybridized carbons (Fsp3) is 0.444. The first kappa shape index (κ1) is 7.92. The van der Waals surface area contributed by atoms with Crippen LogP contribution in [0.5, 0.6) is 0 Å². The number of nitrogens with zero attached hydrogens (tertiary/aromatic N) is 1. The topological polar surface area (TPSA) is 24.9 Å². The standard InChI is InChI=1S/C9H12N2S/c1-7-2-3-9(10-4-7)11-8-5-12-6-8/h2-4,8H,5-6H2,1H3,(H,10,11). The van der Waals surface area contributed by atoms with Gasteiger partial charge in [0.15, 0.2) is 0 Å². The Labute approximate surface area is 76.8 Å². The van der Waals surface area contributed by atoms with Gasteiger partial charge >= 0.3 is 0 Å². The van der Waals surface area contributed by atoms with Crippen molar-refractivity contribution in [2.24, 2.45) is 0 Å². The highest BCUT2D eigenvalue weighted by Gasteiger charge is 2.17. The largest absolute Gasteiger partial charge is 0.366 e. The second-order valence-electron chi connectivity index (χ2n) is 3.10. The van der Waals surface area contributed by atoms with Gasteiger partial charge in [-0.1, -0.05) is 6.07 Å². The highest BCUT2D eigenvalue weighted by Crippen LogP contribution is 2.20. The van der Waals surface area contributed by atoms with Gasteiger partial charge < -0.3 is 5.32 Å². The Kier molecular flexibility index (Phi) is 2.21. The predicted octanol–water partition coefficient (Wildman–Crippen LogP) is 1.92. The quantitative estimate of drug-likeness (QED) is 0.752. The molecule has 0 spiro atoms. The molecule has 0 unspecified atom stereocenters. The van der Waals surface area contributed by atoms with E-state index >= 15 is 0 Å². The lowest BCUT2D eigenvalue weighted by Gasteiger charge is -2.26. The summed E-state index contributed by atoms with van der Waals surface area (Å²) in [5.41, 5.74) is 1.21. The maximum atomic E-state index is 4.28. The van der Waals surface area contributed by atoms with Crippen LogP contribution in [-0.4, -0.2) is 22.5 Å². The van der Waals surface area contributed by atoms with Crippen molar-refractivity contribution in [1.82, 2.24) is 4.98 Å². The molecule has 2 nitrogen and oxygen atoms in total. The Balaban J connectivity index is 1.98. The molecule has 1 aromatic heterocycles. The summed E-state index contributed by atoms with van der Waals surface area (Å²) in [4.78, 5) is 4.28. The average Bonchev–Trinajstić information content (AvgIpc) is 2.00. The van der Waals surface area contributed by atoms with Gasteiger partial charge in [-0.2, -0.15) is 11.8 Å². The van der Waals surface area contributed by atoms with Crippen LogP contribution in [0.1, 0.15) is 5.56 Å². The van der Waals surface area contributed by atoms with Crippen molar-refractivity contribution in [3.05, 3.63) is 23.9 Å². The van der Waals surface area contributed by atoms with Crippen molar-refractivity contribution >= 4 is 17.6 Å². The lowest BCUT2D eigenvalue weighted by atomic mass is 10.3. The van der Waals surface area contributed by atoms with E-state index in [1.807, 2.05) is 24.0 Å². The third kappa shape index (κ3) is 1.72. The van der Waals surface area contributed by atoms with E-state index in [2.05, 4.69) is 23.3 Å². The number of anilines is 1. The number of thioether (sulfide) groups is 1. The fourth-order valence-corrected chi connectivity index (χ4v) is 1.72. The molecule has 0 saturated carbocycles. The molecule has 1 saturated heterocycles. The minimum Gasteiger partial charge on any atom is -0.366 e. The molecule has 0 bridgehead atoms. The zero-order valence-electron chi connectivity index (χ0n) is 7.08. The van der Waals surface area contributed by atoms with E-state index in [0.29, 0.717) is 6.04 Å². The SMILES string of the molecule is Cc1ccc(NC2CSC2)nc1. The van der Waals surface area contributed by atoms with Crippen LogP contribution in [0, 0.1) is 6.92 Å². The Hall–Kier alpha value is -0.700. The van der Waals surface area contributed by atoms with E-state index in [0.717, 1.165) is 5.82 Å². The van der Waals surface area contributed by atoms with Gasteiger partial charge in [-0.3, -0.25) is 0 Å². The maximum Gasteiger partial charge on any atom is 0.126 e. The molecule has 1 fully saturated rings. The molecule has 0 atom stereocenters. The molecule has 12 heavy (non-hydrogen) atoms. The summed E-state index contributed by atoms with van der Waals surface area (Å²) in [7, 11) is 0. The molecule has 1 aliphatic heterocycles. The first-order valence-electron chi connectivity index (χ1n) is 4.11. The number of aryl methyl sites for hydroxylation is 1.